The largest absolute Gasteiger partial charge is 0.454 e. The van der Waals surface area contributed by atoms with E-state index in [0.29, 0.717) is 18.0 Å². The van der Waals surface area contributed by atoms with Crippen LogP contribution in [0.1, 0.15) is 11.1 Å². The average molecular weight is 367 g/mol. The molecule has 1 atom stereocenters. The number of carbonyl (C=O) groups is 1. The van der Waals surface area contributed by atoms with Gasteiger partial charge in [-0.05, 0) is 36.4 Å². The van der Waals surface area contributed by atoms with Gasteiger partial charge in [0.05, 0.1) is 12.6 Å². The molecule has 1 aliphatic rings. The van der Waals surface area contributed by atoms with E-state index in [2.05, 4.69) is 5.32 Å². The fourth-order valence-corrected chi connectivity index (χ4v) is 2.71. The molecule has 1 unspecified atom stereocenters. The number of ether oxygens (including phenoxy) is 2. The highest BCUT2D eigenvalue weighted by molar-refractivity contribution is 5.91. The summed E-state index contributed by atoms with van der Waals surface area (Å²) in [4.78, 5) is 13.0. The van der Waals surface area contributed by atoms with Crippen LogP contribution in [0.3, 0.4) is 0 Å². The Morgan fingerprint density at radius 1 is 1.15 bits per heavy atom. The lowest BCUT2D eigenvalue weighted by Gasteiger charge is -2.15. The molecule has 0 saturated heterocycles. The Balaban J connectivity index is 1.56. The number of rotatable bonds is 5. The first-order valence-electron chi connectivity index (χ1n) is 7.98. The van der Waals surface area contributed by atoms with Crippen molar-refractivity contribution in [2.24, 2.45) is 0 Å². The number of carbonyl (C=O) groups excluding carboxylic acids is 1. The highest BCUT2D eigenvalue weighted by atomic mass is 19.4. The van der Waals surface area contributed by atoms with Crippen LogP contribution in [0.5, 0.6) is 11.5 Å². The molecule has 0 aromatic heterocycles. The summed E-state index contributed by atoms with van der Waals surface area (Å²) in [7, 11) is 1.83. The van der Waals surface area contributed by atoms with E-state index < -0.39 is 11.7 Å². The molecule has 1 amide bonds. The smallest absolute Gasteiger partial charge is 0.416 e. The van der Waals surface area contributed by atoms with Crippen molar-refractivity contribution >= 4 is 11.6 Å². The van der Waals surface area contributed by atoms with Crippen LogP contribution in [0.15, 0.2) is 42.5 Å². The fraction of sp³-hybridized carbons (Fsp3) is 0.278. The number of benzene rings is 2. The number of halogens is 3. The van der Waals surface area contributed by atoms with Gasteiger partial charge in [-0.1, -0.05) is 6.07 Å². The van der Waals surface area contributed by atoms with E-state index in [9.17, 15) is 18.0 Å². The van der Waals surface area contributed by atoms with E-state index in [-0.39, 0.29) is 24.9 Å². The number of quaternary nitrogens is 1. The van der Waals surface area contributed by atoms with Gasteiger partial charge in [0.25, 0.3) is 5.91 Å². The highest BCUT2D eigenvalue weighted by Crippen LogP contribution is 2.32. The zero-order chi connectivity index (χ0) is 18.7. The Hall–Kier alpha value is -2.74. The van der Waals surface area contributed by atoms with Crippen LogP contribution in [0.2, 0.25) is 0 Å². The Bertz CT molecular complexity index is 809. The van der Waals surface area contributed by atoms with Crippen molar-refractivity contribution in [1.29, 1.82) is 0 Å². The number of hydrogen-bond acceptors (Lipinski definition) is 3. The summed E-state index contributed by atoms with van der Waals surface area (Å²) >= 11 is 0. The first kappa shape index (κ1) is 18.1. The standard InChI is InChI=1S/C18H17F3N2O3/c1-23(9-12-5-6-15-16(7-12)26-11-25-15)10-17(24)22-14-4-2-3-13(8-14)18(19,20)21/h2-8H,9-11H2,1H3,(H,22,24)/p+1. The summed E-state index contributed by atoms with van der Waals surface area (Å²) in [5.41, 5.74) is 0.302. The lowest BCUT2D eigenvalue weighted by molar-refractivity contribution is -0.885. The summed E-state index contributed by atoms with van der Waals surface area (Å²) in [5, 5.41) is 2.51. The van der Waals surface area contributed by atoms with Gasteiger partial charge in [-0.15, -0.1) is 0 Å². The van der Waals surface area contributed by atoms with Crippen molar-refractivity contribution in [3.63, 3.8) is 0 Å². The second kappa shape index (κ2) is 7.25. The van der Waals surface area contributed by atoms with Gasteiger partial charge >= 0.3 is 6.18 Å². The van der Waals surface area contributed by atoms with E-state index in [1.54, 1.807) is 0 Å². The van der Waals surface area contributed by atoms with Gasteiger partial charge in [-0.25, -0.2) is 0 Å². The number of nitrogens with one attached hydrogen (secondary N) is 2. The average Bonchev–Trinajstić information content (AvgIpc) is 3.01. The molecule has 2 aromatic rings. The molecule has 2 aromatic carbocycles. The minimum atomic E-state index is -4.44. The summed E-state index contributed by atoms with van der Waals surface area (Å²) in [6, 6.07) is 10.1. The Morgan fingerprint density at radius 3 is 2.69 bits per heavy atom. The van der Waals surface area contributed by atoms with Crippen LogP contribution in [0.4, 0.5) is 18.9 Å². The third-order valence-electron chi connectivity index (χ3n) is 3.88. The van der Waals surface area contributed by atoms with Crippen molar-refractivity contribution in [2.75, 3.05) is 25.7 Å². The third kappa shape index (κ3) is 4.45. The van der Waals surface area contributed by atoms with Crippen LogP contribution in [-0.4, -0.2) is 26.3 Å². The molecule has 5 nitrogen and oxygen atoms in total. The maximum atomic E-state index is 12.7. The zero-order valence-corrected chi connectivity index (χ0v) is 14.0. The molecule has 8 heteroatoms. The summed E-state index contributed by atoms with van der Waals surface area (Å²) < 4.78 is 48.7. The molecule has 0 bridgehead atoms. The van der Waals surface area contributed by atoms with E-state index in [1.165, 1.54) is 12.1 Å². The highest BCUT2D eigenvalue weighted by Gasteiger charge is 2.30. The predicted molar refractivity (Wildman–Crippen MR) is 88.1 cm³/mol. The monoisotopic (exact) mass is 367 g/mol. The van der Waals surface area contributed by atoms with Crippen LogP contribution >= 0.6 is 0 Å². The van der Waals surface area contributed by atoms with E-state index in [0.717, 1.165) is 22.6 Å². The molecule has 0 radical (unpaired) electrons. The molecule has 26 heavy (non-hydrogen) atoms. The van der Waals surface area contributed by atoms with Crippen LogP contribution < -0.4 is 19.7 Å². The van der Waals surface area contributed by atoms with Crippen molar-refractivity contribution in [1.82, 2.24) is 0 Å². The topological polar surface area (TPSA) is 52.0 Å². The van der Waals surface area contributed by atoms with Gasteiger partial charge in [-0.3, -0.25) is 4.79 Å². The van der Waals surface area contributed by atoms with Crippen molar-refractivity contribution in [3.05, 3.63) is 53.6 Å². The summed E-state index contributed by atoms with van der Waals surface area (Å²) in [5.74, 6) is 1.000. The van der Waals surface area contributed by atoms with Crippen molar-refractivity contribution in [3.8, 4) is 11.5 Å². The molecule has 1 heterocycles. The maximum absolute atomic E-state index is 12.7. The number of fused-ring (bicyclic) bond motifs is 1. The second-order valence-electron chi connectivity index (χ2n) is 6.13. The van der Waals surface area contributed by atoms with Crippen LogP contribution in [0, 0.1) is 0 Å². The first-order valence-corrected chi connectivity index (χ1v) is 7.98. The minimum Gasteiger partial charge on any atom is -0.454 e. The molecule has 0 aliphatic carbocycles. The molecule has 3 rings (SSSR count). The zero-order valence-electron chi connectivity index (χ0n) is 14.0. The molecule has 0 saturated carbocycles. The van der Waals surface area contributed by atoms with E-state index >= 15 is 0 Å². The predicted octanol–water partition coefficient (Wildman–Crippen LogP) is 2.09. The SMILES string of the molecule is C[NH+](CC(=O)Nc1cccc(C(F)(F)F)c1)Cc1ccc2c(c1)OCO2. The minimum absolute atomic E-state index is 0.116. The molecule has 0 spiro atoms. The number of alkyl halides is 3. The van der Waals surface area contributed by atoms with Crippen molar-refractivity contribution < 1.29 is 32.3 Å². The van der Waals surface area contributed by atoms with Gasteiger partial charge in [0, 0.05) is 11.3 Å². The number of anilines is 1. The Labute approximate surface area is 148 Å². The van der Waals surface area contributed by atoms with Crippen LogP contribution in [-0.2, 0) is 17.5 Å². The first-order chi connectivity index (χ1) is 12.3. The van der Waals surface area contributed by atoms with Gasteiger partial charge in [-0.2, -0.15) is 13.2 Å². The van der Waals surface area contributed by atoms with E-state index in [4.69, 9.17) is 9.47 Å². The maximum Gasteiger partial charge on any atom is 0.416 e. The Kier molecular flexibility index (Phi) is 5.03. The molecular formula is C18H18F3N2O3+. The second-order valence-corrected chi connectivity index (χ2v) is 6.13. The normalized spacial score (nSPS) is 14.2. The molecule has 0 fully saturated rings. The van der Waals surface area contributed by atoms with Gasteiger partial charge in [0.15, 0.2) is 18.0 Å². The van der Waals surface area contributed by atoms with Gasteiger partial charge < -0.3 is 19.7 Å². The van der Waals surface area contributed by atoms with E-state index in [1.807, 2.05) is 25.2 Å². The number of amides is 1. The molecule has 1 aliphatic heterocycles. The summed E-state index contributed by atoms with van der Waals surface area (Å²) in [6.45, 7) is 0.873. The van der Waals surface area contributed by atoms with Crippen molar-refractivity contribution in [2.45, 2.75) is 12.7 Å². The number of likely N-dealkylation sites (N-methyl/N-ethyl adjacent to an activating group) is 1. The lowest BCUT2D eigenvalue weighted by atomic mass is 10.2. The lowest BCUT2D eigenvalue weighted by Crippen LogP contribution is -3.08. The summed E-state index contributed by atoms with van der Waals surface area (Å²) in [6.07, 6.45) is -4.44. The number of hydrogen-bond donors (Lipinski definition) is 2. The Morgan fingerprint density at radius 2 is 1.92 bits per heavy atom. The molecule has 2 N–H and O–H groups in total. The third-order valence-corrected chi connectivity index (χ3v) is 3.88. The molecule has 138 valence electrons. The fourth-order valence-electron chi connectivity index (χ4n) is 2.71. The molecular weight excluding hydrogens is 349 g/mol. The van der Waals surface area contributed by atoms with Gasteiger partial charge in [0.1, 0.15) is 6.54 Å². The van der Waals surface area contributed by atoms with Crippen LogP contribution in [0.25, 0.3) is 0 Å². The quantitative estimate of drug-likeness (QED) is 0.851. The van der Waals surface area contributed by atoms with Gasteiger partial charge in [0.2, 0.25) is 6.79 Å².